The first-order chi connectivity index (χ1) is 15.0. The first kappa shape index (κ1) is 21.6. The molecule has 0 saturated carbocycles. The second-order valence-electron chi connectivity index (χ2n) is 7.87. The minimum atomic E-state index is -1.00. The Hall–Kier alpha value is -2.61. The van der Waals surface area contributed by atoms with Crippen LogP contribution in [0.2, 0.25) is 5.02 Å². The van der Waals surface area contributed by atoms with Crippen molar-refractivity contribution in [2.45, 2.75) is 32.3 Å². The molecule has 1 aliphatic heterocycles. The number of nitrogens with zero attached hydrogens (tertiary/aromatic N) is 3. The fourth-order valence-corrected chi connectivity index (χ4v) is 3.46. The van der Waals surface area contributed by atoms with Gasteiger partial charge in [-0.2, -0.15) is 5.10 Å². The Labute approximate surface area is 186 Å². The Kier molecular flexibility index (Phi) is 6.75. The van der Waals surface area contributed by atoms with E-state index in [-0.39, 0.29) is 6.10 Å². The molecular weight excluding hydrogens is 418 g/mol. The maximum Gasteiger partial charge on any atom is 0.215 e. The number of benzene rings is 2. The molecule has 0 radical (unpaired) electrons. The zero-order valence-electron chi connectivity index (χ0n) is 17.6. The summed E-state index contributed by atoms with van der Waals surface area (Å²) >= 11 is 6.07. The molecule has 2 atom stereocenters. The lowest BCUT2D eigenvalue weighted by Crippen LogP contribution is -2.34. The average Bonchev–Trinajstić information content (AvgIpc) is 3.42. The molecule has 0 amide bonds. The summed E-state index contributed by atoms with van der Waals surface area (Å²) in [7, 11) is 0. The Balaban J connectivity index is 1.46. The molecule has 1 aromatic heterocycles. The maximum absolute atomic E-state index is 6.39. The van der Waals surface area contributed by atoms with Crippen molar-refractivity contribution in [1.29, 1.82) is 0 Å². The SMILES string of the molecule is CC(C)COc1ccccc1OCC1COC(Cn2cncn2)(c2ccc(Cl)cc2)O1. The molecule has 3 aromatic rings. The highest BCUT2D eigenvalue weighted by Crippen LogP contribution is 2.37. The largest absolute Gasteiger partial charge is 0.489 e. The van der Waals surface area contributed by atoms with E-state index in [1.54, 1.807) is 11.0 Å². The molecule has 8 heteroatoms. The van der Waals surface area contributed by atoms with E-state index < -0.39 is 5.79 Å². The monoisotopic (exact) mass is 443 g/mol. The second-order valence-corrected chi connectivity index (χ2v) is 8.30. The summed E-state index contributed by atoms with van der Waals surface area (Å²) in [5.74, 6) is 0.838. The van der Waals surface area contributed by atoms with Gasteiger partial charge < -0.3 is 18.9 Å². The summed E-state index contributed by atoms with van der Waals surface area (Å²) in [6, 6.07) is 15.1. The first-order valence-corrected chi connectivity index (χ1v) is 10.7. The van der Waals surface area contributed by atoms with Crippen LogP contribution in [0.1, 0.15) is 19.4 Å². The molecule has 1 aliphatic rings. The van der Waals surface area contributed by atoms with Crippen molar-refractivity contribution < 1.29 is 18.9 Å². The van der Waals surface area contributed by atoms with E-state index in [1.807, 2.05) is 48.5 Å². The van der Waals surface area contributed by atoms with Crippen molar-refractivity contribution >= 4 is 11.6 Å². The van der Waals surface area contributed by atoms with Crippen molar-refractivity contribution in [2.24, 2.45) is 5.92 Å². The van der Waals surface area contributed by atoms with Crippen LogP contribution < -0.4 is 9.47 Å². The molecule has 2 heterocycles. The van der Waals surface area contributed by atoms with E-state index in [0.29, 0.717) is 43.1 Å². The van der Waals surface area contributed by atoms with E-state index in [9.17, 15) is 0 Å². The van der Waals surface area contributed by atoms with Crippen molar-refractivity contribution in [1.82, 2.24) is 14.8 Å². The molecule has 1 saturated heterocycles. The third-order valence-corrected chi connectivity index (χ3v) is 5.08. The standard InChI is InChI=1S/C23H26ClN3O4/c1-17(2)11-28-21-5-3-4-6-22(21)29-12-20-13-30-23(31-20,14-27-16-25-15-26-27)18-7-9-19(24)10-8-18/h3-10,15-17,20H,11-14H2,1-2H3. The van der Waals surface area contributed by atoms with Crippen LogP contribution in [0.5, 0.6) is 11.5 Å². The van der Waals surface area contributed by atoms with Crippen molar-refractivity contribution in [3.8, 4) is 11.5 Å². The van der Waals surface area contributed by atoms with Gasteiger partial charge >= 0.3 is 0 Å². The van der Waals surface area contributed by atoms with Gasteiger partial charge in [0.05, 0.1) is 13.2 Å². The lowest BCUT2D eigenvalue weighted by Gasteiger charge is -2.28. The van der Waals surface area contributed by atoms with Crippen LogP contribution in [0, 0.1) is 5.92 Å². The van der Waals surface area contributed by atoms with Gasteiger partial charge in [0, 0.05) is 10.6 Å². The Morgan fingerprint density at radius 2 is 1.87 bits per heavy atom. The van der Waals surface area contributed by atoms with Crippen molar-refractivity contribution in [3.05, 3.63) is 71.8 Å². The van der Waals surface area contributed by atoms with E-state index in [2.05, 4.69) is 23.9 Å². The van der Waals surface area contributed by atoms with E-state index in [4.69, 9.17) is 30.5 Å². The van der Waals surface area contributed by atoms with Crippen LogP contribution >= 0.6 is 11.6 Å². The van der Waals surface area contributed by atoms with Gasteiger partial charge in [0.1, 0.15) is 31.9 Å². The van der Waals surface area contributed by atoms with Crippen LogP contribution in [0.25, 0.3) is 0 Å². The van der Waals surface area contributed by atoms with Crippen LogP contribution in [-0.2, 0) is 21.8 Å². The molecule has 4 rings (SSSR count). The Bertz CT molecular complexity index is 965. The molecule has 31 heavy (non-hydrogen) atoms. The minimum Gasteiger partial charge on any atom is -0.489 e. The van der Waals surface area contributed by atoms with Gasteiger partial charge in [-0.1, -0.05) is 49.7 Å². The Morgan fingerprint density at radius 1 is 1.13 bits per heavy atom. The quantitative estimate of drug-likeness (QED) is 0.490. The van der Waals surface area contributed by atoms with E-state index in [1.165, 1.54) is 6.33 Å². The van der Waals surface area contributed by atoms with Gasteiger partial charge in [0.15, 0.2) is 11.5 Å². The summed E-state index contributed by atoms with van der Waals surface area (Å²) < 4.78 is 26.2. The van der Waals surface area contributed by atoms with Crippen LogP contribution in [0.15, 0.2) is 61.2 Å². The molecule has 0 spiro atoms. The fraction of sp³-hybridized carbons (Fsp3) is 0.391. The molecule has 164 valence electrons. The van der Waals surface area contributed by atoms with Gasteiger partial charge in [0.2, 0.25) is 5.79 Å². The zero-order valence-corrected chi connectivity index (χ0v) is 18.4. The third kappa shape index (κ3) is 5.36. The fourth-order valence-electron chi connectivity index (χ4n) is 3.33. The lowest BCUT2D eigenvalue weighted by atomic mass is 10.1. The number of hydrogen-bond acceptors (Lipinski definition) is 6. The van der Waals surface area contributed by atoms with Gasteiger partial charge in [-0.25, -0.2) is 9.67 Å². The number of para-hydroxylation sites is 2. The van der Waals surface area contributed by atoms with Crippen LogP contribution in [0.3, 0.4) is 0 Å². The molecule has 2 aromatic carbocycles. The second kappa shape index (κ2) is 9.68. The van der Waals surface area contributed by atoms with Crippen LogP contribution in [0.4, 0.5) is 0 Å². The Morgan fingerprint density at radius 3 is 2.55 bits per heavy atom. The highest BCUT2D eigenvalue weighted by molar-refractivity contribution is 6.30. The predicted molar refractivity (Wildman–Crippen MR) is 116 cm³/mol. The number of rotatable bonds is 9. The zero-order chi connectivity index (χ0) is 21.7. The molecule has 0 aliphatic carbocycles. The molecule has 2 unspecified atom stereocenters. The molecule has 0 bridgehead atoms. The number of ether oxygens (including phenoxy) is 4. The number of hydrogen-bond donors (Lipinski definition) is 0. The van der Waals surface area contributed by atoms with Gasteiger partial charge in [-0.05, 0) is 30.2 Å². The first-order valence-electron chi connectivity index (χ1n) is 10.3. The number of aromatic nitrogens is 3. The molecule has 0 N–H and O–H groups in total. The normalized spacial score (nSPS) is 20.8. The molecule has 1 fully saturated rings. The summed E-state index contributed by atoms with van der Waals surface area (Å²) in [6.45, 7) is 5.92. The third-order valence-electron chi connectivity index (χ3n) is 4.83. The smallest absolute Gasteiger partial charge is 0.215 e. The maximum atomic E-state index is 6.39. The topological polar surface area (TPSA) is 67.6 Å². The van der Waals surface area contributed by atoms with Crippen molar-refractivity contribution in [2.75, 3.05) is 19.8 Å². The predicted octanol–water partition coefficient (Wildman–Crippen LogP) is 4.31. The van der Waals surface area contributed by atoms with Crippen LogP contribution in [-0.4, -0.2) is 40.7 Å². The summed E-state index contributed by atoms with van der Waals surface area (Å²) in [4.78, 5) is 4.02. The van der Waals surface area contributed by atoms with E-state index in [0.717, 1.165) is 11.3 Å². The lowest BCUT2D eigenvalue weighted by molar-refractivity contribution is -0.190. The summed E-state index contributed by atoms with van der Waals surface area (Å²) in [5.41, 5.74) is 0.857. The van der Waals surface area contributed by atoms with Gasteiger partial charge in [-0.3, -0.25) is 0 Å². The minimum absolute atomic E-state index is 0.266. The average molecular weight is 444 g/mol. The highest BCUT2D eigenvalue weighted by Gasteiger charge is 2.44. The number of halogens is 1. The van der Waals surface area contributed by atoms with Crippen molar-refractivity contribution in [3.63, 3.8) is 0 Å². The van der Waals surface area contributed by atoms with Gasteiger partial charge in [0.25, 0.3) is 0 Å². The highest BCUT2D eigenvalue weighted by atomic mass is 35.5. The van der Waals surface area contributed by atoms with E-state index >= 15 is 0 Å². The summed E-state index contributed by atoms with van der Waals surface area (Å²) in [5, 5.41) is 4.85. The summed E-state index contributed by atoms with van der Waals surface area (Å²) in [6.07, 6.45) is 2.85. The molecular formula is C23H26ClN3O4. The van der Waals surface area contributed by atoms with Gasteiger partial charge in [-0.15, -0.1) is 0 Å². The molecule has 7 nitrogen and oxygen atoms in total.